The number of aromatic nitrogens is 1. The first kappa shape index (κ1) is 25.2. The first-order valence-electron chi connectivity index (χ1n) is 12.4. The van der Waals surface area contributed by atoms with Gasteiger partial charge in [-0.3, -0.25) is 14.6 Å². The SMILES string of the molecule is CC1CCCC(C)N1C(=O)COc1ccc(C(=O)NCc2cccc(OCc3ccccn3)c2)cc1. The van der Waals surface area contributed by atoms with Gasteiger partial charge < -0.3 is 19.7 Å². The van der Waals surface area contributed by atoms with Gasteiger partial charge in [0.2, 0.25) is 0 Å². The highest BCUT2D eigenvalue weighted by atomic mass is 16.5. The van der Waals surface area contributed by atoms with Gasteiger partial charge in [0, 0.05) is 30.4 Å². The maximum absolute atomic E-state index is 12.6. The third-order valence-electron chi connectivity index (χ3n) is 6.42. The van der Waals surface area contributed by atoms with E-state index in [1.807, 2.05) is 47.4 Å². The molecule has 7 nitrogen and oxygen atoms in total. The number of rotatable bonds is 9. The summed E-state index contributed by atoms with van der Waals surface area (Å²) in [5.41, 5.74) is 2.31. The van der Waals surface area contributed by atoms with E-state index in [9.17, 15) is 9.59 Å². The number of nitrogens with one attached hydrogen (secondary N) is 1. The van der Waals surface area contributed by atoms with Crippen LogP contribution in [-0.4, -0.2) is 40.4 Å². The van der Waals surface area contributed by atoms with Crippen LogP contribution in [0.5, 0.6) is 11.5 Å². The number of likely N-dealkylation sites (tertiary alicyclic amines) is 1. The van der Waals surface area contributed by atoms with Crippen molar-refractivity contribution >= 4 is 11.8 Å². The molecule has 36 heavy (non-hydrogen) atoms. The molecular formula is C29H33N3O4. The predicted octanol–water partition coefficient (Wildman–Crippen LogP) is 4.76. The molecule has 0 spiro atoms. The van der Waals surface area contributed by atoms with Crippen LogP contribution in [-0.2, 0) is 17.9 Å². The molecule has 0 bridgehead atoms. The van der Waals surface area contributed by atoms with Crippen LogP contribution < -0.4 is 14.8 Å². The molecule has 2 aromatic carbocycles. The van der Waals surface area contributed by atoms with E-state index in [4.69, 9.17) is 9.47 Å². The smallest absolute Gasteiger partial charge is 0.260 e. The number of nitrogens with zero attached hydrogens (tertiary/aromatic N) is 2. The lowest BCUT2D eigenvalue weighted by Gasteiger charge is -2.38. The lowest BCUT2D eigenvalue weighted by molar-refractivity contribution is -0.139. The number of pyridine rings is 1. The first-order valence-corrected chi connectivity index (χ1v) is 12.4. The highest BCUT2D eigenvalue weighted by Crippen LogP contribution is 2.23. The van der Waals surface area contributed by atoms with Crippen molar-refractivity contribution in [3.05, 3.63) is 89.7 Å². The fourth-order valence-electron chi connectivity index (χ4n) is 4.51. The van der Waals surface area contributed by atoms with E-state index in [-0.39, 0.29) is 30.5 Å². The molecule has 188 valence electrons. The van der Waals surface area contributed by atoms with Crippen LogP contribution in [0.25, 0.3) is 0 Å². The molecule has 7 heteroatoms. The fraction of sp³-hybridized carbons (Fsp3) is 0.345. The van der Waals surface area contributed by atoms with E-state index in [0.29, 0.717) is 24.5 Å². The summed E-state index contributed by atoms with van der Waals surface area (Å²) in [5, 5.41) is 2.93. The van der Waals surface area contributed by atoms with E-state index in [0.717, 1.165) is 36.3 Å². The summed E-state index contributed by atoms with van der Waals surface area (Å²) >= 11 is 0. The molecule has 1 aliphatic heterocycles. The Morgan fingerprint density at radius 3 is 2.44 bits per heavy atom. The average Bonchev–Trinajstić information content (AvgIpc) is 2.90. The quantitative estimate of drug-likeness (QED) is 0.471. The van der Waals surface area contributed by atoms with Crippen LogP contribution in [0.15, 0.2) is 72.9 Å². The second-order valence-corrected chi connectivity index (χ2v) is 9.18. The first-order chi connectivity index (χ1) is 17.5. The van der Waals surface area contributed by atoms with E-state index >= 15 is 0 Å². The second kappa shape index (κ2) is 12.2. The van der Waals surface area contributed by atoms with Crippen molar-refractivity contribution in [3.8, 4) is 11.5 Å². The zero-order chi connectivity index (χ0) is 25.3. The zero-order valence-electron chi connectivity index (χ0n) is 20.9. The van der Waals surface area contributed by atoms with E-state index < -0.39 is 0 Å². The molecule has 1 saturated heterocycles. The topological polar surface area (TPSA) is 80.8 Å². The van der Waals surface area contributed by atoms with Crippen molar-refractivity contribution in [3.63, 3.8) is 0 Å². The number of ether oxygens (including phenoxy) is 2. The molecule has 1 aliphatic rings. The minimum atomic E-state index is -0.187. The average molecular weight is 488 g/mol. The molecule has 1 N–H and O–H groups in total. The molecule has 0 aliphatic carbocycles. The van der Waals surface area contributed by atoms with Crippen LogP contribution in [0.1, 0.15) is 54.7 Å². The summed E-state index contributed by atoms with van der Waals surface area (Å²) in [5.74, 6) is 1.10. The van der Waals surface area contributed by atoms with Gasteiger partial charge in [-0.2, -0.15) is 0 Å². The predicted molar refractivity (Wildman–Crippen MR) is 138 cm³/mol. The Bertz CT molecular complexity index is 1140. The number of amides is 2. The minimum Gasteiger partial charge on any atom is -0.487 e. The normalized spacial score (nSPS) is 17.3. The molecule has 0 saturated carbocycles. The number of hydrogen-bond donors (Lipinski definition) is 1. The molecule has 2 heterocycles. The summed E-state index contributed by atoms with van der Waals surface area (Å²) in [7, 11) is 0. The molecule has 4 rings (SSSR count). The number of piperidine rings is 1. The molecule has 1 aromatic heterocycles. The lowest BCUT2D eigenvalue weighted by Crippen LogP contribution is -2.49. The van der Waals surface area contributed by atoms with Crippen LogP contribution in [0.2, 0.25) is 0 Å². The molecule has 2 amide bonds. The van der Waals surface area contributed by atoms with Gasteiger partial charge in [-0.1, -0.05) is 18.2 Å². The maximum atomic E-state index is 12.6. The third kappa shape index (κ3) is 6.84. The van der Waals surface area contributed by atoms with Crippen molar-refractivity contribution < 1.29 is 19.1 Å². The standard InChI is InChI=1S/C29H33N3O4/c1-21-7-5-8-22(2)32(21)28(33)20-36-26-14-12-24(13-15-26)29(34)31-18-23-9-6-11-27(17-23)35-19-25-10-3-4-16-30-25/h3-4,6,9-17,21-22H,5,7-8,18-20H2,1-2H3,(H,31,34). The highest BCUT2D eigenvalue weighted by Gasteiger charge is 2.28. The number of carbonyl (C=O) groups is 2. The van der Waals surface area contributed by atoms with E-state index in [2.05, 4.69) is 24.1 Å². The second-order valence-electron chi connectivity index (χ2n) is 9.18. The summed E-state index contributed by atoms with van der Waals surface area (Å²) in [6.07, 6.45) is 4.95. The van der Waals surface area contributed by atoms with Gasteiger partial charge in [-0.05, 0) is 87.2 Å². The minimum absolute atomic E-state index is 0.00102. The zero-order valence-corrected chi connectivity index (χ0v) is 20.9. The van der Waals surface area contributed by atoms with Crippen molar-refractivity contribution in [1.29, 1.82) is 0 Å². The molecule has 1 fully saturated rings. The van der Waals surface area contributed by atoms with Crippen molar-refractivity contribution in [2.24, 2.45) is 0 Å². The third-order valence-corrected chi connectivity index (χ3v) is 6.42. The van der Waals surface area contributed by atoms with Crippen molar-refractivity contribution in [1.82, 2.24) is 15.2 Å². The van der Waals surface area contributed by atoms with Crippen molar-refractivity contribution in [2.45, 2.75) is 58.3 Å². The van der Waals surface area contributed by atoms with Gasteiger partial charge in [0.25, 0.3) is 11.8 Å². The van der Waals surface area contributed by atoms with Crippen LogP contribution in [0.4, 0.5) is 0 Å². The fourth-order valence-corrected chi connectivity index (χ4v) is 4.51. The molecule has 3 aromatic rings. The number of benzene rings is 2. The number of carbonyl (C=O) groups excluding carboxylic acids is 2. The Balaban J connectivity index is 1.24. The van der Waals surface area contributed by atoms with Gasteiger partial charge in [0.15, 0.2) is 6.61 Å². The van der Waals surface area contributed by atoms with Crippen LogP contribution >= 0.6 is 0 Å². The Kier molecular flexibility index (Phi) is 8.55. The van der Waals surface area contributed by atoms with Gasteiger partial charge in [-0.15, -0.1) is 0 Å². The van der Waals surface area contributed by atoms with Gasteiger partial charge in [-0.25, -0.2) is 0 Å². The van der Waals surface area contributed by atoms with Crippen LogP contribution in [0.3, 0.4) is 0 Å². The molecular weight excluding hydrogens is 454 g/mol. The Morgan fingerprint density at radius 1 is 0.944 bits per heavy atom. The Hall–Kier alpha value is -3.87. The van der Waals surface area contributed by atoms with Gasteiger partial charge in [0.05, 0.1) is 5.69 Å². The Morgan fingerprint density at radius 2 is 1.72 bits per heavy atom. The summed E-state index contributed by atoms with van der Waals surface area (Å²) in [6, 6.07) is 20.6. The maximum Gasteiger partial charge on any atom is 0.260 e. The number of hydrogen-bond acceptors (Lipinski definition) is 5. The van der Waals surface area contributed by atoms with E-state index in [1.165, 1.54) is 0 Å². The van der Waals surface area contributed by atoms with Gasteiger partial charge >= 0.3 is 0 Å². The molecule has 2 atom stereocenters. The van der Waals surface area contributed by atoms with Crippen LogP contribution in [0, 0.1) is 0 Å². The van der Waals surface area contributed by atoms with Gasteiger partial charge in [0.1, 0.15) is 18.1 Å². The highest BCUT2D eigenvalue weighted by molar-refractivity contribution is 5.94. The molecule has 0 radical (unpaired) electrons. The Labute approximate surface area is 212 Å². The largest absolute Gasteiger partial charge is 0.487 e. The molecule has 2 unspecified atom stereocenters. The summed E-state index contributed by atoms with van der Waals surface area (Å²) in [6.45, 7) is 4.93. The lowest BCUT2D eigenvalue weighted by atomic mass is 9.97. The summed E-state index contributed by atoms with van der Waals surface area (Å²) in [4.78, 5) is 31.5. The summed E-state index contributed by atoms with van der Waals surface area (Å²) < 4.78 is 11.5. The van der Waals surface area contributed by atoms with E-state index in [1.54, 1.807) is 30.5 Å². The monoisotopic (exact) mass is 487 g/mol. The van der Waals surface area contributed by atoms with Crippen molar-refractivity contribution in [2.75, 3.05) is 6.61 Å².